The van der Waals surface area contributed by atoms with Gasteiger partial charge in [-0.1, -0.05) is 138 Å². The van der Waals surface area contributed by atoms with E-state index in [1.807, 2.05) is 0 Å². The molecule has 0 aliphatic heterocycles. The van der Waals surface area contributed by atoms with Gasteiger partial charge in [-0.3, -0.25) is 8.80 Å². The third-order valence-electron chi connectivity index (χ3n) is 12.7. The summed E-state index contributed by atoms with van der Waals surface area (Å²) >= 11 is 0. The van der Waals surface area contributed by atoms with Crippen LogP contribution in [0.25, 0.3) is 117 Å². The van der Waals surface area contributed by atoms with Crippen LogP contribution in [0.1, 0.15) is 0 Å². The van der Waals surface area contributed by atoms with Gasteiger partial charge in [0.2, 0.25) is 11.6 Å². The Morgan fingerprint density at radius 1 is 0.312 bits per heavy atom. The average Bonchev–Trinajstić information content (AvgIpc) is 4.14. The summed E-state index contributed by atoms with van der Waals surface area (Å²) in [6.45, 7) is 0. The van der Waals surface area contributed by atoms with E-state index in [4.69, 9.17) is 9.97 Å². The molecule has 0 bridgehead atoms. The number of fused-ring (bicyclic) bond motifs is 13. The van der Waals surface area contributed by atoms with Gasteiger partial charge in [0.1, 0.15) is 0 Å². The first-order chi connectivity index (χ1) is 31.2. The van der Waals surface area contributed by atoms with Gasteiger partial charge in [0.05, 0.1) is 44.1 Å². The van der Waals surface area contributed by atoms with Gasteiger partial charge in [0.15, 0.2) is 0 Å². The van der Waals surface area contributed by atoms with Crippen molar-refractivity contribution in [1.82, 2.24) is 32.5 Å². The van der Waals surface area contributed by atoms with Crippen molar-refractivity contribution >= 4 is 77.5 Å². The molecule has 5 heterocycles. The quantitative estimate of drug-likeness (QED) is 0.161. The van der Waals surface area contributed by atoms with Crippen molar-refractivity contribution in [3.05, 3.63) is 212 Å². The van der Waals surface area contributed by atoms with E-state index in [2.05, 4.69) is 235 Å². The topological polar surface area (TPSA) is 49.4 Å². The maximum atomic E-state index is 5.24. The second-order valence-corrected chi connectivity index (χ2v) is 16.2. The molecular formula is C56H33N7Pt. The smallest absolute Gasteiger partial charge is 0.358 e. The van der Waals surface area contributed by atoms with Crippen LogP contribution in [0.5, 0.6) is 0 Å². The minimum atomic E-state index is 0. The van der Waals surface area contributed by atoms with E-state index >= 15 is 0 Å². The molecule has 0 N–H and O–H groups in total. The van der Waals surface area contributed by atoms with Crippen molar-refractivity contribution in [3.8, 4) is 39.3 Å². The predicted octanol–water partition coefficient (Wildman–Crippen LogP) is 13.2. The molecule has 302 valence electrons. The van der Waals surface area contributed by atoms with Gasteiger partial charge in [-0.2, -0.15) is 12.1 Å². The first-order valence-corrected chi connectivity index (χ1v) is 21.2. The minimum Gasteiger partial charge on any atom is -0.358 e. The summed E-state index contributed by atoms with van der Waals surface area (Å²) in [4.78, 5) is 10.5. The van der Waals surface area contributed by atoms with Crippen LogP contribution in [-0.2, 0) is 21.1 Å². The molecule has 0 radical (unpaired) electrons. The molecule has 0 aliphatic rings. The summed E-state index contributed by atoms with van der Waals surface area (Å²) in [5.74, 6) is 1.68. The van der Waals surface area contributed by atoms with E-state index < -0.39 is 0 Å². The summed E-state index contributed by atoms with van der Waals surface area (Å²) in [5, 5.41) is 2.26. The second-order valence-electron chi connectivity index (χ2n) is 16.2. The molecule has 0 unspecified atom stereocenters. The van der Waals surface area contributed by atoms with E-state index in [0.717, 1.165) is 106 Å². The van der Waals surface area contributed by atoms with E-state index in [0.29, 0.717) is 0 Å². The largest absolute Gasteiger partial charge is 2.00 e. The Kier molecular flexibility index (Phi) is 8.02. The Hall–Kier alpha value is -7.99. The van der Waals surface area contributed by atoms with Crippen LogP contribution in [0.3, 0.4) is 0 Å². The predicted molar refractivity (Wildman–Crippen MR) is 256 cm³/mol. The SMILES string of the molecule is [Pt+2].[c-]1c(-n2c3[c-]c(-n4c5ccc(-c6ccccc6)cc5n5c6ccccc6nc45)ccc3c3ccccc32)cccc1-n1c2ccc(-c3ccccc3)cc2n2c3ccccc3nc12. The summed E-state index contributed by atoms with van der Waals surface area (Å²) in [6.07, 6.45) is 0. The van der Waals surface area contributed by atoms with Crippen molar-refractivity contribution in [2.24, 2.45) is 0 Å². The number of hydrogen-bond donors (Lipinski definition) is 0. The molecule has 0 spiro atoms. The van der Waals surface area contributed by atoms with Crippen LogP contribution in [0.4, 0.5) is 0 Å². The first-order valence-electron chi connectivity index (χ1n) is 21.2. The Bertz CT molecular complexity index is 4150. The molecule has 64 heavy (non-hydrogen) atoms. The molecule has 0 fully saturated rings. The number of para-hydroxylation sites is 5. The molecule has 5 aromatic heterocycles. The summed E-state index contributed by atoms with van der Waals surface area (Å²) in [5.41, 5.74) is 17.7. The zero-order valence-electron chi connectivity index (χ0n) is 34.0. The van der Waals surface area contributed by atoms with E-state index in [1.165, 1.54) is 11.1 Å². The fraction of sp³-hybridized carbons (Fsp3) is 0. The van der Waals surface area contributed by atoms with Crippen LogP contribution < -0.4 is 0 Å². The Balaban J connectivity index is 0.00000413. The van der Waals surface area contributed by atoms with Crippen LogP contribution in [0.15, 0.2) is 200 Å². The van der Waals surface area contributed by atoms with E-state index in [1.54, 1.807) is 0 Å². The summed E-state index contributed by atoms with van der Waals surface area (Å²) < 4.78 is 11.4. The van der Waals surface area contributed by atoms with Gasteiger partial charge in [-0.05, 0) is 82.2 Å². The maximum absolute atomic E-state index is 5.24. The number of aromatic nitrogens is 7. The third kappa shape index (κ3) is 5.25. The molecule has 9 aromatic carbocycles. The van der Waals surface area contributed by atoms with Crippen molar-refractivity contribution in [2.45, 2.75) is 0 Å². The Labute approximate surface area is 380 Å². The van der Waals surface area contributed by atoms with Gasteiger partial charge in [-0.15, -0.1) is 35.7 Å². The van der Waals surface area contributed by atoms with E-state index in [9.17, 15) is 0 Å². The second kappa shape index (κ2) is 14.0. The van der Waals surface area contributed by atoms with Crippen LogP contribution in [0.2, 0.25) is 0 Å². The minimum absolute atomic E-state index is 0. The third-order valence-corrected chi connectivity index (χ3v) is 12.7. The molecule has 14 rings (SSSR count). The van der Waals surface area contributed by atoms with Gasteiger partial charge in [0, 0.05) is 5.52 Å². The normalized spacial score (nSPS) is 11.9. The van der Waals surface area contributed by atoms with Gasteiger partial charge < -0.3 is 13.7 Å². The molecule has 0 atom stereocenters. The monoisotopic (exact) mass is 998 g/mol. The number of rotatable bonds is 5. The summed E-state index contributed by atoms with van der Waals surface area (Å²) in [6, 6.07) is 78.5. The Morgan fingerprint density at radius 3 is 1.38 bits per heavy atom. The van der Waals surface area contributed by atoms with Crippen LogP contribution in [-0.4, -0.2) is 32.5 Å². The van der Waals surface area contributed by atoms with Crippen LogP contribution >= 0.6 is 0 Å². The van der Waals surface area contributed by atoms with Crippen molar-refractivity contribution in [2.75, 3.05) is 0 Å². The molecule has 0 amide bonds. The summed E-state index contributed by atoms with van der Waals surface area (Å²) in [7, 11) is 0. The van der Waals surface area contributed by atoms with Gasteiger partial charge >= 0.3 is 21.1 Å². The molecule has 0 aliphatic carbocycles. The molecule has 8 heteroatoms. The molecule has 7 nitrogen and oxygen atoms in total. The number of imidazole rings is 4. The molecular weight excluding hydrogens is 966 g/mol. The fourth-order valence-electron chi connectivity index (χ4n) is 9.86. The standard InChI is InChI=1S/C56H33N7.Pt/c1-3-14-36(15-4-1)38-26-30-50-53(32-38)62-48-24-11-8-21-45(48)57-55(62)60(50)41-19-13-18-40(34-41)59-47-23-10-7-20-43(47)44-29-28-42(35-52(44)59)61-51-31-27-39(37-16-5-2-6-17-37)33-54(51)63-49-25-12-9-22-46(49)58-56(61)63;/h1-33H;/q-2;+2. The first kappa shape index (κ1) is 36.6. The van der Waals surface area contributed by atoms with E-state index in [-0.39, 0.29) is 21.1 Å². The van der Waals surface area contributed by atoms with Gasteiger partial charge in [0.25, 0.3) is 0 Å². The fourth-order valence-corrected chi connectivity index (χ4v) is 9.86. The molecule has 0 saturated heterocycles. The zero-order chi connectivity index (χ0) is 41.2. The van der Waals surface area contributed by atoms with Gasteiger partial charge in [-0.25, -0.2) is 9.97 Å². The van der Waals surface area contributed by atoms with Crippen molar-refractivity contribution in [3.63, 3.8) is 0 Å². The number of benzene rings is 9. The number of nitrogens with zero attached hydrogens (tertiary/aromatic N) is 7. The Morgan fingerprint density at radius 2 is 0.797 bits per heavy atom. The zero-order valence-corrected chi connectivity index (χ0v) is 36.3. The molecule has 14 aromatic rings. The van der Waals surface area contributed by atoms with Crippen molar-refractivity contribution < 1.29 is 21.1 Å². The van der Waals surface area contributed by atoms with Crippen molar-refractivity contribution in [1.29, 1.82) is 0 Å². The average molecular weight is 999 g/mol. The van der Waals surface area contributed by atoms with Crippen LogP contribution in [0, 0.1) is 12.1 Å². The maximum Gasteiger partial charge on any atom is 2.00 e. The molecule has 0 saturated carbocycles. The number of hydrogen-bond acceptors (Lipinski definition) is 2.